The fourth-order valence-electron chi connectivity index (χ4n) is 1.57. The molecule has 1 unspecified atom stereocenters. The Morgan fingerprint density at radius 2 is 1.94 bits per heavy atom. The number of nitrogens with zero attached hydrogens (tertiary/aromatic N) is 1. The van der Waals surface area contributed by atoms with Gasteiger partial charge in [-0.15, -0.1) is 0 Å². The van der Waals surface area contributed by atoms with Crippen LogP contribution in [-0.2, 0) is 0 Å². The van der Waals surface area contributed by atoms with Gasteiger partial charge in [0, 0.05) is 12.7 Å². The van der Waals surface area contributed by atoms with Gasteiger partial charge < -0.3 is 16.2 Å². The summed E-state index contributed by atoms with van der Waals surface area (Å²) in [5.41, 5.74) is 7.31. The molecule has 1 heterocycles. The number of rotatable bonds is 4. The van der Waals surface area contributed by atoms with Gasteiger partial charge in [-0.25, -0.2) is 4.98 Å². The van der Waals surface area contributed by atoms with Gasteiger partial charge in [0.05, 0.1) is 11.8 Å². The maximum absolute atomic E-state index is 9.95. The minimum absolute atomic E-state index is 0.403. The number of nitrogen functional groups attached to an aromatic ring is 1. The van der Waals surface area contributed by atoms with Crippen molar-refractivity contribution in [2.75, 3.05) is 17.6 Å². The molecule has 2 aromatic rings. The highest BCUT2D eigenvalue weighted by Crippen LogP contribution is 2.17. The molecule has 88 valence electrons. The lowest BCUT2D eigenvalue weighted by Crippen LogP contribution is -2.13. The van der Waals surface area contributed by atoms with E-state index >= 15 is 0 Å². The SMILES string of the molecule is Nc1ncccc1NCC(O)c1ccccc1. The molecule has 4 heteroatoms. The van der Waals surface area contributed by atoms with Crippen LogP contribution in [0.25, 0.3) is 0 Å². The number of nitrogens with two attached hydrogens (primary N) is 1. The Morgan fingerprint density at radius 3 is 2.65 bits per heavy atom. The van der Waals surface area contributed by atoms with Crippen molar-refractivity contribution < 1.29 is 5.11 Å². The maximum atomic E-state index is 9.95. The molecule has 0 radical (unpaired) electrons. The lowest BCUT2D eigenvalue weighted by molar-refractivity contribution is 0.191. The van der Waals surface area contributed by atoms with Gasteiger partial charge in [0.2, 0.25) is 0 Å². The van der Waals surface area contributed by atoms with E-state index in [0.29, 0.717) is 12.4 Å². The van der Waals surface area contributed by atoms with E-state index in [-0.39, 0.29) is 0 Å². The molecule has 0 aliphatic carbocycles. The predicted octanol–water partition coefficient (Wildman–Crippen LogP) is 1.81. The molecule has 0 fully saturated rings. The zero-order valence-corrected chi connectivity index (χ0v) is 9.38. The van der Waals surface area contributed by atoms with Crippen LogP contribution in [0.15, 0.2) is 48.7 Å². The van der Waals surface area contributed by atoms with Crippen LogP contribution in [0, 0.1) is 0 Å². The summed E-state index contributed by atoms with van der Waals surface area (Å²) in [7, 11) is 0. The molecule has 2 rings (SSSR count). The highest BCUT2D eigenvalue weighted by Gasteiger charge is 2.07. The van der Waals surface area contributed by atoms with Crippen molar-refractivity contribution in [3.05, 3.63) is 54.2 Å². The van der Waals surface area contributed by atoms with E-state index in [9.17, 15) is 5.11 Å². The predicted molar refractivity (Wildman–Crippen MR) is 68.5 cm³/mol. The quantitative estimate of drug-likeness (QED) is 0.747. The number of nitrogens with one attached hydrogen (secondary N) is 1. The van der Waals surface area contributed by atoms with E-state index in [4.69, 9.17) is 5.73 Å². The number of benzene rings is 1. The molecule has 0 aliphatic rings. The standard InChI is InChI=1S/C13H15N3O/c14-13-11(7-4-8-15-13)16-9-12(17)10-5-2-1-3-6-10/h1-8,12,16-17H,9H2,(H2,14,15). The molecular weight excluding hydrogens is 214 g/mol. The minimum Gasteiger partial charge on any atom is -0.387 e. The van der Waals surface area contributed by atoms with E-state index < -0.39 is 6.10 Å². The Morgan fingerprint density at radius 1 is 1.18 bits per heavy atom. The first kappa shape index (κ1) is 11.4. The van der Waals surface area contributed by atoms with E-state index in [0.717, 1.165) is 11.3 Å². The zero-order chi connectivity index (χ0) is 12.1. The molecule has 0 saturated heterocycles. The number of pyridine rings is 1. The van der Waals surface area contributed by atoms with Gasteiger partial charge in [-0.1, -0.05) is 30.3 Å². The largest absolute Gasteiger partial charge is 0.387 e. The van der Waals surface area contributed by atoms with Crippen LogP contribution in [-0.4, -0.2) is 16.6 Å². The fraction of sp³-hybridized carbons (Fsp3) is 0.154. The van der Waals surface area contributed by atoms with Crippen LogP contribution in [0.4, 0.5) is 11.5 Å². The highest BCUT2D eigenvalue weighted by molar-refractivity contribution is 5.60. The van der Waals surface area contributed by atoms with Gasteiger partial charge in [0.25, 0.3) is 0 Å². The number of aliphatic hydroxyl groups is 1. The number of aliphatic hydroxyl groups excluding tert-OH is 1. The molecule has 4 nitrogen and oxygen atoms in total. The molecule has 0 amide bonds. The monoisotopic (exact) mass is 229 g/mol. The van der Waals surface area contributed by atoms with E-state index in [1.165, 1.54) is 0 Å². The van der Waals surface area contributed by atoms with Gasteiger partial charge >= 0.3 is 0 Å². The van der Waals surface area contributed by atoms with E-state index in [1.54, 1.807) is 12.3 Å². The number of hydrogen-bond acceptors (Lipinski definition) is 4. The van der Waals surface area contributed by atoms with E-state index in [1.807, 2.05) is 36.4 Å². The Balaban J connectivity index is 1.97. The van der Waals surface area contributed by atoms with Crippen LogP contribution < -0.4 is 11.1 Å². The summed E-state index contributed by atoms with van der Waals surface area (Å²) in [4.78, 5) is 3.96. The molecule has 17 heavy (non-hydrogen) atoms. The third-order valence-electron chi connectivity index (χ3n) is 2.51. The Hall–Kier alpha value is -2.07. The Kier molecular flexibility index (Phi) is 3.57. The third kappa shape index (κ3) is 2.95. The number of hydrogen-bond donors (Lipinski definition) is 3. The van der Waals surface area contributed by atoms with Crippen LogP contribution in [0.1, 0.15) is 11.7 Å². The van der Waals surface area contributed by atoms with Gasteiger partial charge in [-0.05, 0) is 17.7 Å². The van der Waals surface area contributed by atoms with Gasteiger partial charge in [-0.2, -0.15) is 0 Å². The summed E-state index contributed by atoms with van der Waals surface area (Å²) in [6, 6.07) is 13.1. The second-order valence-corrected chi connectivity index (χ2v) is 3.74. The van der Waals surface area contributed by atoms with Crippen molar-refractivity contribution in [1.29, 1.82) is 0 Å². The van der Waals surface area contributed by atoms with Crippen molar-refractivity contribution >= 4 is 11.5 Å². The van der Waals surface area contributed by atoms with Crippen molar-refractivity contribution in [3.63, 3.8) is 0 Å². The summed E-state index contributed by atoms with van der Waals surface area (Å²) in [6.45, 7) is 0.403. The molecule has 1 aromatic heterocycles. The Bertz CT molecular complexity index is 473. The average molecular weight is 229 g/mol. The summed E-state index contributed by atoms with van der Waals surface area (Å²) in [6.07, 6.45) is 1.07. The molecule has 0 spiro atoms. The number of aromatic nitrogens is 1. The molecule has 0 bridgehead atoms. The zero-order valence-electron chi connectivity index (χ0n) is 9.38. The van der Waals surface area contributed by atoms with Gasteiger partial charge in [-0.3, -0.25) is 0 Å². The third-order valence-corrected chi connectivity index (χ3v) is 2.51. The normalized spacial score (nSPS) is 12.1. The molecular formula is C13H15N3O. The first-order valence-corrected chi connectivity index (χ1v) is 5.45. The van der Waals surface area contributed by atoms with Gasteiger partial charge in [0.15, 0.2) is 0 Å². The second-order valence-electron chi connectivity index (χ2n) is 3.74. The molecule has 0 saturated carbocycles. The first-order valence-electron chi connectivity index (χ1n) is 5.45. The van der Waals surface area contributed by atoms with E-state index in [2.05, 4.69) is 10.3 Å². The van der Waals surface area contributed by atoms with Crippen LogP contribution in [0.2, 0.25) is 0 Å². The topological polar surface area (TPSA) is 71.2 Å². The smallest absolute Gasteiger partial charge is 0.146 e. The Labute approximate surface area is 100 Å². The second kappa shape index (κ2) is 5.32. The lowest BCUT2D eigenvalue weighted by atomic mass is 10.1. The average Bonchev–Trinajstić information content (AvgIpc) is 2.38. The number of anilines is 2. The maximum Gasteiger partial charge on any atom is 0.146 e. The lowest BCUT2D eigenvalue weighted by Gasteiger charge is -2.13. The summed E-state index contributed by atoms with van der Waals surface area (Å²) >= 11 is 0. The van der Waals surface area contributed by atoms with Crippen LogP contribution in [0.5, 0.6) is 0 Å². The van der Waals surface area contributed by atoms with Crippen LogP contribution in [0.3, 0.4) is 0 Å². The fourth-order valence-corrected chi connectivity index (χ4v) is 1.57. The summed E-state index contributed by atoms with van der Waals surface area (Å²) in [5, 5.41) is 13.0. The molecule has 1 aromatic carbocycles. The highest BCUT2D eigenvalue weighted by atomic mass is 16.3. The van der Waals surface area contributed by atoms with Crippen molar-refractivity contribution in [3.8, 4) is 0 Å². The summed E-state index contributed by atoms with van der Waals surface area (Å²) < 4.78 is 0. The summed E-state index contributed by atoms with van der Waals surface area (Å²) in [5.74, 6) is 0.438. The molecule has 0 aliphatic heterocycles. The van der Waals surface area contributed by atoms with Crippen LogP contribution >= 0.6 is 0 Å². The minimum atomic E-state index is -0.559. The van der Waals surface area contributed by atoms with Gasteiger partial charge in [0.1, 0.15) is 5.82 Å². The van der Waals surface area contributed by atoms with Crippen molar-refractivity contribution in [2.24, 2.45) is 0 Å². The van der Waals surface area contributed by atoms with Crippen molar-refractivity contribution in [1.82, 2.24) is 4.98 Å². The molecule has 1 atom stereocenters. The first-order chi connectivity index (χ1) is 8.27. The van der Waals surface area contributed by atoms with Crippen molar-refractivity contribution in [2.45, 2.75) is 6.10 Å². The molecule has 4 N–H and O–H groups in total.